The molecular weight excluding hydrogens is 274 g/mol. The van der Waals surface area contributed by atoms with E-state index in [1.807, 2.05) is 0 Å². The minimum Gasteiger partial charge on any atom is -0.369 e. The van der Waals surface area contributed by atoms with Crippen LogP contribution in [0.2, 0.25) is 5.02 Å². The molecule has 0 saturated carbocycles. The molecule has 3 nitrogen and oxygen atoms in total. The highest BCUT2D eigenvalue weighted by molar-refractivity contribution is 6.31. The van der Waals surface area contributed by atoms with Crippen LogP contribution in [0.1, 0.15) is 6.42 Å². The molecule has 2 rings (SSSR count). The molecule has 0 fully saturated rings. The molecule has 2 N–H and O–H groups in total. The lowest BCUT2D eigenvalue weighted by Gasteiger charge is -2.09. The molecule has 8 heteroatoms. The van der Waals surface area contributed by atoms with Crippen molar-refractivity contribution in [1.29, 1.82) is 0 Å². The average Bonchev–Trinajstić information content (AvgIpc) is 2.51. The molecule has 0 aliphatic heterocycles. The number of halogens is 5. The van der Waals surface area contributed by atoms with E-state index in [2.05, 4.69) is 4.98 Å². The summed E-state index contributed by atoms with van der Waals surface area (Å²) in [5.41, 5.74) is 5.96. The van der Waals surface area contributed by atoms with Crippen LogP contribution in [0.4, 0.5) is 23.5 Å². The Morgan fingerprint density at radius 2 is 2.00 bits per heavy atom. The zero-order valence-corrected chi connectivity index (χ0v) is 9.69. The number of aryl methyl sites for hydroxylation is 1. The number of imidazole rings is 1. The molecule has 0 radical (unpaired) electrons. The van der Waals surface area contributed by atoms with Gasteiger partial charge in [0.15, 0.2) is 0 Å². The van der Waals surface area contributed by atoms with Crippen molar-refractivity contribution in [2.75, 3.05) is 5.73 Å². The molecule has 1 heterocycles. The number of nitrogens with two attached hydrogens (primary N) is 1. The molecule has 1 aromatic heterocycles. The molecule has 2 aromatic rings. The van der Waals surface area contributed by atoms with E-state index in [4.69, 9.17) is 17.3 Å². The predicted octanol–water partition coefficient (Wildman–Crippen LogP) is 3.36. The highest BCUT2D eigenvalue weighted by Crippen LogP contribution is 2.27. The fourth-order valence-corrected chi connectivity index (χ4v) is 1.77. The largest absolute Gasteiger partial charge is 0.390 e. The average molecular weight is 282 g/mol. The van der Waals surface area contributed by atoms with Gasteiger partial charge in [-0.2, -0.15) is 13.2 Å². The molecule has 0 atom stereocenters. The lowest BCUT2D eigenvalue weighted by Crippen LogP contribution is -2.13. The molecule has 0 aliphatic rings. The summed E-state index contributed by atoms with van der Waals surface area (Å²) >= 11 is 5.58. The molecule has 18 heavy (non-hydrogen) atoms. The highest BCUT2D eigenvalue weighted by Gasteiger charge is 2.27. The van der Waals surface area contributed by atoms with Crippen molar-refractivity contribution < 1.29 is 17.6 Å². The molecule has 0 aliphatic carbocycles. The van der Waals surface area contributed by atoms with Crippen LogP contribution in [0.25, 0.3) is 11.0 Å². The SMILES string of the molecule is Nc1nc2cc(F)c(Cl)cc2n1CCC(F)(F)F. The Kier molecular flexibility index (Phi) is 3.10. The van der Waals surface area contributed by atoms with Crippen LogP contribution >= 0.6 is 11.6 Å². The van der Waals surface area contributed by atoms with E-state index in [0.29, 0.717) is 0 Å². The molecule has 0 spiro atoms. The Morgan fingerprint density at radius 3 is 2.61 bits per heavy atom. The zero-order valence-electron chi connectivity index (χ0n) is 8.93. The van der Waals surface area contributed by atoms with Crippen molar-refractivity contribution in [3.05, 3.63) is 23.0 Å². The number of rotatable bonds is 2. The van der Waals surface area contributed by atoms with Crippen molar-refractivity contribution in [1.82, 2.24) is 9.55 Å². The molecule has 0 unspecified atom stereocenters. The van der Waals surface area contributed by atoms with Crippen LogP contribution in [0.3, 0.4) is 0 Å². The monoisotopic (exact) mass is 281 g/mol. The van der Waals surface area contributed by atoms with Gasteiger partial charge in [-0.05, 0) is 6.07 Å². The van der Waals surface area contributed by atoms with E-state index >= 15 is 0 Å². The summed E-state index contributed by atoms with van der Waals surface area (Å²) in [6.45, 7) is -0.381. The number of hydrogen-bond donors (Lipinski definition) is 1. The molecule has 1 aromatic carbocycles. The number of aromatic nitrogens is 2. The summed E-state index contributed by atoms with van der Waals surface area (Å²) < 4.78 is 50.8. The van der Waals surface area contributed by atoms with Gasteiger partial charge in [0.2, 0.25) is 5.95 Å². The second-order valence-corrected chi connectivity index (χ2v) is 4.15. The van der Waals surface area contributed by atoms with Crippen molar-refractivity contribution in [2.24, 2.45) is 0 Å². The van der Waals surface area contributed by atoms with E-state index in [1.165, 1.54) is 6.07 Å². The van der Waals surface area contributed by atoms with Crippen molar-refractivity contribution >= 4 is 28.6 Å². The summed E-state index contributed by atoms with van der Waals surface area (Å²) in [7, 11) is 0. The summed E-state index contributed by atoms with van der Waals surface area (Å²) in [6, 6.07) is 2.25. The predicted molar refractivity (Wildman–Crippen MR) is 59.8 cm³/mol. The fraction of sp³-hybridized carbons (Fsp3) is 0.300. The van der Waals surface area contributed by atoms with Crippen LogP contribution in [-0.4, -0.2) is 15.7 Å². The van der Waals surface area contributed by atoms with E-state index < -0.39 is 18.4 Å². The minimum absolute atomic E-state index is 0.101. The molecule has 0 bridgehead atoms. The Hall–Kier alpha value is -1.50. The molecule has 0 amide bonds. The first-order valence-electron chi connectivity index (χ1n) is 4.95. The zero-order chi connectivity index (χ0) is 13.5. The number of nitrogens with zero attached hydrogens (tertiary/aromatic N) is 2. The second-order valence-electron chi connectivity index (χ2n) is 3.74. The Balaban J connectivity index is 2.44. The van der Waals surface area contributed by atoms with E-state index in [0.717, 1.165) is 10.6 Å². The number of benzene rings is 1. The van der Waals surface area contributed by atoms with E-state index in [1.54, 1.807) is 0 Å². The quantitative estimate of drug-likeness (QED) is 0.858. The smallest absolute Gasteiger partial charge is 0.369 e. The number of hydrogen-bond acceptors (Lipinski definition) is 2. The molecule has 0 saturated heterocycles. The van der Waals surface area contributed by atoms with Gasteiger partial charge in [0.25, 0.3) is 0 Å². The Labute approximate surface area is 104 Å². The Morgan fingerprint density at radius 1 is 1.33 bits per heavy atom. The topological polar surface area (TPSA) is 43.8 Å². The fourth-order valence-electron chi connectivity index (χ4n) is 1.61. The van der Waals surface area contributed by atoms with Crippen LogP contribution in [0.15, 0.2) is 12.1 Å². The lowest BCUT2D eigenvalue weighted by molar-refractivity contribution is -0.136. The van der Waals surface area contributed by atoms with Gasteiger partial charge in [-0.1, -0.05) is 11.6 Å². The summed E-state index contributed by atoms with van der Waals surface area (Å²) in [5.74, 6) is -0.791. The van der Waals surface area contributed by atoms with Gasteiger partial charge < -0.3 is 10.3 Å². The minimum atomic E-state index is -4.30. The first kappa shape index (κ1) is 12.9. The van der Waals surface area contributed by atoms with E-state index in [9.17, 15) is 17.6 Å². The maximum Gasteiger partial charge on any atom is 0.390 e. The van der Waals surface area contributed by atoms with E-state index in [-0.39, 0.29) is 28.5 Å². The molecular formula is C10H8ClF4N3. The molecule has 98 valence electrons. The van der Waals surface area contributed by atoms with Crippen LogP contribution in [-0.2, 0) is 6.54 Å². The summed E-state index contributed by atoms with van der Waals surface area (Å²) in [6.07, 6.45) is -5.34. The van der Waals surface area contributed by atoms with Crippen molar-refractivity contribution in [3.63, 3.8) is 0 Å². The van der Waals surface area contributed by atoms with Crippen molar-refractivity contribution in [3.8, 4) is 0 Å². The second kappa shape index (κ2) is 4.31. The van der Waals surface area contributed by atoms with Gasteiger partial charge >= 0.3 is 6.18 Å². The lowest BCUT2D eigenvalue weighted by atomic mass is 10.3. The first-order chi connectivity index (χ1) is 8.28. The van der Waals surface area contributed by atoms with Gasteiger partial charge in [0.05, 0.1) is 22.5 Å². The summed E-state index contributed by atoms with van der Waals surface area (Å²) in [4.78, 5) is 3.79. The number of nitrogen functional groups attached to an aromatic ring is 1. The van der Waals surface area contributed by atoms with Crippen LogP contribution in [0.5, 0.6) is 0 Å². The third-order valence-corrected chi connectivity index (χ3v) is 2.73. The maximum atomic E-state index is 13.2. The van der Waals surface area contributed by atoms with Crippen LogP contribution in [0, 0.1) is 5.82 Å². The Bertz CT molecular complexity index is 591. The third kappa shape index (κ3) is 2.50. The third-order valence-electron chi connectivity index (χ3n) is 2.44. The maximum absolute atomic E-state index is 13.2. The highest BCUT2D eigenvalue weighted by atomic mass is 35.5. The van der Waals surface area contributed by atoms with Gasteiger partial charge in [-0.25, -0.2) is 9.37 Å². The van der Waals surface area contributed by atoms with Gasteiger partial charge in [0.1, 0.15) is 5.82 Å². The van der Waals surface area contributed by atoms with Gasteiger partial charge in [0, 0.05) is 12.6 Å². The number of fused-ring (bicyclic) bond motifs is 1. The first-order valence-corrected chi connectivity index (χ1v) is 5.33. The standard InChI is InChI=1S/C10H8ClF4N3/c11-5-3-8-7(4-6(5)12)17-9(16)18(8)2-1-10(13,14)15/h3-4H,1-2H2,(H2,16,17). The summed E-state index contributed by atoms with van der Waals surface area (Å²) in [5, 5.41) is -0.185. The number of anilines is 1. The van der Waals surface area contributed by atoms with Gasteiger partial charge in [-0.3, -0.25) is 0 Å². The van der Waals surface area contributed by atoms with Crippen LogP contribution < -0.4 is 5.73 Å². The normalized spacial score (nSPS) is 12.3. The van der Waals surface area contributed by atoms with Crippen molar-refractivity contribution in [2.45, 2.75) is 19.1 Å². The van der Waals surface area contributed by atoms with Gasteiger partial charge in [-0.15, -0.1) is 0 Å². The number of alkyl halides is 3.